The van der Waals surface area contributed by atoms with Gasteiger partial charge in [-0.15, -0.1) is 0 Å². The Balaban J connectivity index is 1.59. The van der Waals surface area contributed by atoms with E-state index in [1.54, 1.807) is 0 Å². The van der Waals surface area contributed by atoms with Gasteiger partial charge in [-0.1, -0.05) is 18.0 Å². The summed E-state index contributed by atoms with van der Waals surface area (Å²) >= 11 is 0. The predicted molar refractivity (Wildman–Crippen MR) is 71.7 cm³/mol. The van der Waals surface area contributed by atoms with Gasteiger partial charge in [-0.3, -0.25) is 4.79 Å². The summed E-state index contributed by atoms with van der Waals surface area (Å²) in [5.41, 5.74) is 5.51. The number of oxime groups is 1. The topological polar surface area (TPSA) is 78.9 Å². The third kappa shape index (κ3) is 2.55. The molecule has 19 heavy (non-hydrogen) atoms. The Hall–Kier alpha value is -1.26. The molecule has 3 saturated carbocycles. The van der Waals surface area contributed by atoms with Crippen molar-refractivity contribution in [2.24, 2.45) is 28.6 Å². The lowest BCUT2D eigenvalue weighted by atomic mass is 10.0. The van der Waals surface area contributed by atoms with E-state index in [9.17, 15) is 4.79 Å². The van der Waals surface area contributed by atoms with Crippen molar-refractivity contribution in [3.8, 4) is 0 Å². The first-order chi connectivity index (χ1) is 9.22. The summed E-state index contributed by atoms with van der Waals surface area (Å²) in [6.07, 6.45) is 7.76. The molecule has 0 spiro atoms. The summed E-state index contributed by atoms with van der Waals surface area (Å²) in [6, 6.07) is 0.418. The van der Waals surface area contributed by atoms with Gasteiger partial charge in [0.05, 0.1) is 0 Å². The largest absolute Gasteiger partial charge is 0.409 e. The van der Waals surface area contributed by atoms with E-state index in [1.807, 2.05) is 4.90 Å². The van der Waals surface area contributed by atoms with Crippen molar-refractivity contribution < 1.29 is 10.0 Å². The van der Waals surface area contributed by atoms with Crippen LogP contribution in [0, 0.1) is 17.8 Å². The zero-order valence-electron chi connectivity index (χ0n) is 11.3. The minimum absolute atomic E-state index is 0.215. The highest BCUT2D eigenvalue weighted by atomic mass is 16.4. The molecule has 5 heteroatoms. The summed E-state index contributed by atoms with van der Waals surface area (Å²) in [6.45, 7) is 0.606. The van der Waals surface area contributed by atoms with E-state index in [0.717, 1.165) is 12.8 Å². The van der Waals surface area contributed by atoms with E-state index in [0.29, 0.717) is 36.8 Å². The Bertz CT molecular complexity index is 380. The van der Waals surface area contributed by atoms with Crippen LogP contribution in [0.3, 0.4) is 0 Å². The van der Waals surface area contributed by atoms with E-state index < -0.39 is 0 Å². The van der Waals surface area contributed by atoms with Crippen LogP contribution in [0.15, 0.2) is 5.16 Å². The number of carbonyl (C=O) groups excluding carboxylic acids is 1. The molecule has 0 aromatic heterocycles. The molecule has 0 saturated heterocycles. The second-order valence-corrected chi connectivity index (χ2v) is 6.24. The van der Waals surface area contributed by atoms with E-state index in [-0.39, 0.29) is 11.8 Å². The van der Waals surface area contributed by atoms with Gasteiger partial charge in [0.2, 0.25) is 5.91 Å². The first kappa shape index (κ1) is 12.8. The number of rotatable bonds is 5. The molecule has 5 nitrogen and oxygen atoms in total. The van der Waals surface area contributed by atoms with Crippen molar-refractivity contribution in [2.45, 2.75) is 51.0 Å². The maximum Gasteiger partial charge on any atom is 0.226 e. The van der Waals surface area contributed by atoms with Crippen LogP contribution in [0.1, 0.15) is 44.9 Å². The van der Waals surface area contributed by atoms with Crippen LogP contribution >= 0.6 is 0 Å². The van der Waals surface area contributed by atoms with Gasteiger partial charge >= 0.3 is 0 Å². The first-order valence-corrected chi connectivity index (χ1v) is 7.49. The number of nitrogens with two attached hydrogens (primary N) is 1. The molecule has 3 fully saturated rings. The molecule has 0 aromatic rings. The van der Waals surface area contributed by atoms with E-state index >= 15 is 0 Å². The second kappa shape index (κ2) is 5.02. The minimum atomic E-state index is 0.215. The molecule has 1 amide bonds. The molecule has 0 bridgehead atoms. The van der Waals surface area contributed by atoms with Gasteiger partial charge in [0.15, 0.2) is 0 Å². The fourth-order valence-electron chi connectivity index (χ4n) is 3.69. The molecule has 0 aliphatic heterocycles. The lowest BCUT2D eigenvalue weighted by molar-refractivity contribution is -0.133. The Morgan fingerprint density at radius 3 is 2.37 bits per heavy atom. The molecule has 3 aliphatic rings. The number of fused-ring (bicyclic) bond motifs is 1. The molecule has 3 N–H and O–H groups in total. The molecule has 0 heterocycles. The third-order valence-corrected chi connectivity index (χ3v) is 4.95. The quantitative estimate of drug-likeness (QED) is 0.342. The Morgan fingerprint density at radius 1 is 1.21 bits per heavy atom. The van der Waals surface area contributed by atoms with Gasteiger partial charge in [-0.25, -0.2) is 0 Å². The van der Waals surface area contributed by atoms with Crippen molar-refractivity contribution in [3.05, 3.63) is 0 Å². The van der Waals surface area contributed by atoms with Gasteiger partial charge in [0, 0.05) is 24.9 Å². The number of carbonyl (C=O) groups is 1. The van der Waals surface area contributed by atoms with Crippen LogP contribution in [0.2, 0.25) is 0 Å². The molecule has 0 radical (unpaired) electrons. The van der Waals surface area contributed by atoms with Crippen LogP contribution in [-0.4, -0.2) is 34.4 Å². The lowest BCUT2D eigenvalue weighted by Crippen LogP contribution is -2.37. The number of amides is 1. The number of amidine groups is 1. The standard InChI is InChI=1S/C14H23N3O2/c15-12(16-19)7-8-17(9-5-6-9)14(18)13-10-3-1-2-4-11(10)13/h9-11,13,19H,1-8H2,(H2,15,16). The molecule has 106 valence electrons. The summed E-state index contributed by atoms with van der Waals surface area (Å²) in [7, 11) is 0. The van der Waals surface area contributed by atoms with Crippen molar-refractivity contribution in [3.63, 3.8) is 0 Å². The Kier molecular flexibility index (Phi) is 3.37. The van der Waals surface area contributed by atoms with Crippen molar-refractivity contribution >= 4 is 11.7 Å². The van der Waals surface area contributed by atoms with Gasteiger partial charge in [0.25, 0.3) is 0 Å². The van der Waals surface area contributed by atoms with Crippen LogP contribution in [-0.2, 0) is 4.79 Å². The SMILES string of the molecule is NC(CCN(C(=O)C1C2CCCCC21)C1CC1)=NO. The Labute approximate surface area is 113 Å². The average Bonchev–Trinajstić information content (AvgIpc) is 3.31. The van der Waals surface area contributed by atoms with Crippen molar-refractivity contribution in [1.82, 2.24) is 4.90 Å². The summed E-state index contributed by atoms with van der Waals surface area (Å²) in [5, 5.41) is 11.6. The van der Waals surface area contributed by atoms with E-state index in [2.05, 4.69) is 5.16 Å². The van der Waals surface area contributed by atoms with E-state index in [4.69, 9.17) is 10.9 Å². The average molecular weight is 265 g/mol. The normalized spacial score (nSPS) is 33.7. The second-order valence-electron chi connectivity index (χ2n) is 6.24. The molecule has 0 aromatic carbocycles. The van der Waals surface area contributed by atoms with Gasteiger partial charge < -0.3 is 15.8 Å². The van der Waals surface area contributed by atoms with Gasteiger partial charge in [-0.2, -0.15) is 0 Å². The number of hydrogen-bond donors (Lipinski definition) is 2. The highest BCUT2D eigenvalue weighted by molar-refractivity contribution is 5.84. The molecular formula is C14H23N3O2. The predicted octanol–water partition coefficient (Wildman–Crippen LogP) is 1.55. The van der Waals surface area contributed by atoms with E-state index in [1.165, 1.54) is 25.7 Å². The van der Waals surface area contributed by atoms with Crippen LogP contribution in [0.5, 0.6) is 0 Å². The van der Waals surface area contributed by atoms with Crippen LogP contribution in [0.4, 0.5) is 0 Å². The molecule has 3 aliphatic carbocycles. The first-order valence-electron chi connectivity index (χ1n) is 7.49. The summed E-state index contributed by atoms with van der Waals surface area (Å²) in [5.74, 6) is 2.16. The zero-order valence-corrected chi connectivity index (χ0v) is 11.3. The fraction of sp³-hybridized carbons (Fsp3) is 0.857. The molecular weight excluding hydrogens is 242 g/mol. The highest BCUT2D eigenvalue weighted by Gasteiger charge is 2.56. The lowest BCUT2D eigenvalue weighted by Gasteiger charge is -2.22. The van der Waals surface area contributed by atoms with Gasteiger partial charge in [0.1, 0.15) is 5.84 Å². The Morgan fingerprint density at radius 2 is 1.84 bits per heavy atom. The van der Waals surface area contributed by atoms with Crippen molar-refractivity contribution in [1.29, 1.82) is 0 Å². The highest BCUT2D eigenvalue weighted by Crippen LogP contribution is 2.56. The van der Waals surface area contributed by atoms with Gasteiger partial charge in [-0.05, 0) is 37.5 Å². The van der Waals surface area contributed by atoms with Crippen LogP contribution in [0.25, 0.3) is 0 Å². The minimum Gasteiger partial charge on any atom is -0.409 e. The van der Waals surface area contributed by atoms with Crippen molar-refractivity contribution in [2.75, 3.05) is 6.54 Å². The van der Waals surface area contributed by atoms with Crippen LogP contribution < -0.4 is 5.73 Å². The smallest absolute Gasteiger partial charge is 0.226 e. The maximum atomic E-state index is 12.6. The summed E-state index contributed by atoms with van der Waals surface area (Å²) in [4.78, 5) is 14.6. The maximum absolute atomic E-state index is 12.6. The fourth-order valence-corrected chi connectivity index (χ4v) is 3.69. The third-order valence-electron chi connectivity index (χ3n) is 4.95. The number of nitrogens with zero attached hydrogens (tertiary/aromatic N) is 2. The molecule has 3 rings (SSSR count). The molecule has 2 unspecified atom stereocenters. The zero-order chi connectivity index (χ0) is 13.4. The number of hydrogen-bond acceptors (Lipinski definition) is 3. The monoisotopic (exact) mass is 265 g/mol. The molecule has 2 atom stereocenters. The summed E-state index contributed by atoms with van der Waals surface area (Å²) < 4.78 is 0.